The Balaban J connectivity index is 1.69. The fraction of sp³-hybridized carbons (Fsp3) is 0.231. The lowest BCUT2D eigenvalue weighted by Gasteiger charge is -2.21. The van der Waals surface area contributed by atoms with Gasteiger partial charge < -0.3 is 0 Å². The minimum absolute atomic E-state index is 0.0700. The molecular weight excluding hydrogens is 388 g/mol. The van der Waals surface area contributed by atoms with Gasteiger partial charge in [0.05, 0.1) is 23.2 Å². The van der Waals surface area contributed by atoms with E-state index in [1.165, 1.54) is 11.1 Å². The van der Waals surface area contributed by atoms with Crippen molar-refractivity contribution in [2.75, 3.05) is 4.90 Å². The van der Waals surface area contributed by atoms with E-state index >= 15 is 0 Å². The SMILES string of the molecule is CCc1ccc2nc(N(Cc3ccccc3)C(=O)Cc3ccc(C)cc3C)sc2c1. The number of fused-ring (bicyclic) bond motifs is 1. The Bertz CT molecular complexity index is 1180. The zero-order valence-corrected chi connectivity index (χ0v) is 18.5. The molecule has 0 atom stereocenters. The van der Waals surface area contributed by atoms with Gasteiger partial charge in [-0.2, -0.15) is 0 Å². The molecule has 0 aliphatic rings. The van der Waals surface area contributed by atoms with Gasteiger partial charge in [-0.3, -0.25) is 9.69 Å². The molecule has 4 heteroatoms. The molecule has 0 aliphatic carbocycles. The van der Waals surface area contributed by atoms with Crippen LogP contribution in [-0.4, -0.2) is 10.9 Å². The lowest BCUT2D eigenvalue weighted by atomic mass is 10.0. The van der Waals surface area contributed by atoms with Gasteiger partial charge in [0.25, 0.3) is 0 Å². The van der Waals surface area contributed by atoms with Crippen molar-refractivity contribution in [2.45, 2.75) is 40.2 Å². The first kappa shape index (κ1) is 20.3. The Morgan fingerprint density at radius 1 is 0.967 bits per heavy atom. The van der Waals surface area contributed by atoms with Crippen molar-refractivity contribution in [1.82, 2.24) is 4.98 Å². The molecule has 4 aromatic rings. The summed E-state index contributed by atoms with van der Waals surface area (Å²) >= 11 is 1.59. The highest BCUT2D eigenvalue weighted by Crippen LogP contribution is 2.31. The van der Waals surface area contributed by atoms with E-state index < -0.39 is 0 Å². The first-order chi connectivity index (χ1) is 14.5. The number of carbonyl (C=O) groups is 1. The molecule has 0 spiro atoms. The van der Waals surface area contributed by atoms with Crippen LogP contribution >= 0.6 is 11.3 Å². The maximum absolute atomic E-state index is 13.4. The molecule has 0 saturated heterocycles. The third-order valence-electron chi connectivity index (χ3n) is 5.41. The number of amides is 1. The highest BCUT2D eigenvalue weighted by molar-refractivity contribution is 7.22. The lowest BCUT2D eigenvalue weighted by molar-refractivity contribution is -0.118. The fourth-order valence-corrected chi connectivity index (χ4v) is 4.67. The summed E-state index contributed by atoms with van der Waals surface area (Å²) in [4.78, 5) is 20.1. The predicted octanol–water partition coefficient (Wildman–Crippen LogP) is 6.25. The Hall–Kier alpha value is -2.98. The molecule has 3 aromatic carbocycles. The first-order valence-corrected chi connectivity index (χ1v) is 11.1. The quantitative estimate of drug-likeness (QED) is 0.373. The average Bonchev–Trinajstić information content (AvgIpc) is 3.17. The van der Waals surface area contributed by atoms with Crippen LogP contribution in [0, 0.1) is 13.8 Å². The second-order valence-electron chi connectivity index (χ2n) is 7.72. The van der Waals surface area contributed by atoms with Crippen molar-refractivity contribution in [3.63, 3.8) is 0 Å². The van der Waals surface area contributed by atoms with E-state index in [9.17, 15) is 4.79 Å². The maximum atomic E-state index is 13.4. The minimum atomic E-state index is 0.0700. The molecule has 0 radical (unpaired) electrons. The van der Waals surface area contributed by atoms with E-state index in [0.717, 1.165) is 38.5 Å². The number of hydrogen-bond donors (Lipinski definition) is 0. The summed E-state index contributed by atoms with van der Waals surface area (Å²) in [6.45, 7) is 6.82. The van der Waals surface area contributed by atoms with Gasteiger partial charge in [-0.25, -0.2) is 4.98 Å². The van der Waals surface area contributed by atoms with Gasteiger partial charge in [-0.1, -0.05) is 78.4 Å². The number of aryl methyl sites for hydroxylation is 3. The molecule has 152 valence electrons. The standard InChI is InChI=1S/C26H26N2OS/c1-4-20-11-13-23-24(15-20)30-26(27-23)28(17-21-8-6-5-7-9-21)25(29)16-22-12-10-18(2)14-19(22)3/h5-15H,4,16-17H2,1-3H3. The summed E-state index contributed by atoms with van der Waals surface area (Å²) in [5.41, 5.74) is 6.76. The van der Waals surface area contributed by atoms with E-state index in [4.69, 9.17) is 4.98 Å². The highest BCUT2D eigenvalue weighted by Gasteiger charge is 2.21. The average molecular weight is 415 g/mol. The smallest absolute Gasteiger partial charge is 0.233 e. The van der Waals surface area contributed by atoms with Crippen molar-refractivity contribution in [1.29, 1.82) is 0 Å². The van der Waals surface area contributed by atoms with Crippen LogP contribution in [0.1, 0.15) is 34.7 Å². The van der Waals surface area contributed by atoms with E-state index in [2.05, 4.69) is 69.3 Å². The number of nitrogens with zero attached hydrogens (tertiary/aromatic N) is 2. The second kappa shape index (κ2) is 8.80. The monoisotopic (exact) mass is 414 g/mol. The summed E-state index contributed by atoms with van der Waals surface area (Å²) in [6, 6.07) is 22.8. The molecule has 4 rings (SSSR count). The number of anilines is 1. The number of benzene rings is 3. The highest BCUT2D eigenvalue weighted by atomic mass is 32.1. The maximum Gasteiger partial charge on any atom is 0.233 e. The van der Waals surface area contributed by atoms with E-state index in [-0.39, 0.29) is 5.91 Å². The van der Waals surface area contributed by atoms with Crippen LogP contribution in [0.15, 0.2) is 66.7 Å². The van der Waals surface area contributed by atoms with Gasteiger partial charge >= 0.3 is 0 Å². The largest absolute Gasteiger partial charge is 0.283 e. The normalized spacial score (nSPS) is 11.0. The Morgan fingerprint density at radius 2 is 1.77 bits per heavy atom. The topological polar surface area (TPSA) is 33.2 Å². The summed E-state index contributed by atoms with van der Waals surface area (Å²) in [7, 11) is 0. The molecule has 30 heavy (non-hydrogen) atoms. The zero-order chi connectivity index (χ0) is 21.1. The van der Waals surface area contributed by atoms with Crippen LogP contribution in [0.5, 0.6) is 0 Å². The van der Waals surface area contributed by atoms with Gasteiger partial charge in [0.2, 0.25) is 5.91 Å². The van der Waals surface area contributed by atoms with E-state index in [1.54, 1.807) is 11.3 Å². The summed E-state index contributed by atoms with van der Waals surface area (Å²) < 4.78 is 1.13. The second-order valence-corrected chi connectivity index (χ2v) is 8.73. The molecule has 1 heterocycles. The Labute approximate surface area is 182 Å². The molecular formula is C26H26N2OS. The summed E-state index contributed by atoms with van der Waals surface area (Å²) in [5, 5.41) is 0.761. The Kier molecular flexibility index (Phi) is 5.96. The third kappa shape index (κ3) is 4.44. The molecule has 3 nitrogen and oxygen atoms in total. The zero-order valence-electron chi connectivity index (χ0n) is 17.7. The van der Waals surface area contributed by atoms with Gasteiger partial charge in [0.15, 0.2) is 5.13 Å². The van der Waals surface area contributed by atoms with Crippen LogP contribution < -0.4 is 4.90 Å². The van der Waals surface area contributed by atoms with E-state index in [1.807, 2.05) is 23.1 Å². The number of hydrogen-bond acceptors (Lipinski definition) is 3. The first-order valence-electron chi connectivity index (χ1n) is 10.3. The number of thiazole rings is 1. The molecule has 0 aliphatic heterocycles. The number of aromatic nitrogens is 1. The van der Waals surface area contributed by atoms with Crippen molar-refractivity contribution in [2.24, 2.45) is 0 Å². The Morgan fingerprint density at radius 3 is 2.50 bits per heavy atom. The van der Waals surface area contributed by atoms with Gasteiger partial charge in [-0.15, -0.1) is 0 Å². The number of carbonyl (C=O) groups excluding carboxylic acids is 1. The predicted molar refractivity (Wildman–Crippen MR) is 126 cm³/mol. The minimum Gasteiger partial charge on any atom is -0.283 e. The van der Waals surface area contributed by atoms with Crippen molar-refractivity contribution in [3.8, 4) is 0 Å². The van der Waals surface area contributed by atoms with Crippen molar-refractivity contribution >= 4 is 32.6 Å². The molecule has 0 fully saturated rings. The van der Waals surface area contributed by atoms with E-state index in [0.29, 0.717) is 13.0 Å². The van der Waals surface area contributed by atoms with Crippen molar-refractivity contribution in [3.05, 3.63) is 94.5 Å². The molecule has 0 unspecified atom stereocenters. The van der Waals surface area contributed by atoms with Crippen LogP contribution in [-0.2, 0) is 24.2 Å². The molecule has 0 N–H and O–H groups in total. The molecule has 1 aromatic heterocycles. The van der Waals surface area contributed by atoms with Gasteiger partial charge in [0.1, 0.15) is 0 Å². The summed E-state index contributed by atoms with van der Waals surface area (Å²) in [5.74, 6) is 0.0700. The van der Waals surface area contributed by atoms with Crippen LogP contribution in [0.25, 0.3) is 10.2 Å². The third-order valence-corrected chi connectivity index (χ3v) is 6.45. The molecule has 0 saturated carbocycles. The van der Waals surface area contributed by atoms with Crippen molar-refractivity contribution < 1.29 is 4.79 Å². The van der Waals surface area contributed by atoms with Crippen LogP contribution in [0.4, 0.5) is 5.13 Å². The lowest BCUT2D eigenvalue weighted by Crippen LogP contribution is -2.31. The van der Waals surface area contributed by atoms with Crippen LogP contribution in [0.3, 0.4) is 0 Å². The number of rotatable bonds is 6. The van der Waals surface area contributed by atoms with Crippen LogP contribution in [0.2, 0.25) is 0 Å². The van der Waals surface area contributed by atoms with Gasteiger partial charge in [0, 0.05) is 0 Å². The fourth-order valence-electron chi connectivity index (χ4n) is 3.62. The summed E-state index contributed by atoms with van der Waals surface area (Å²) in [6.07, 6.45) is 1.36. The molecule has 0 bridgehead atoms. The molecule has 1 amide bonds. The van der Waals surface area contributed by atoms with Gasteiger partial charge in [-0.05, 0) is 54.7 Å².